The van der Waals surface area contributed by atoms with E-state index in [2.05, 4.69) is 16.2 Å². The molecule has 23 heavy (non-hydrogen) atoms. The first kappa shape index (κ1) is 15.9. The van der Waals surface area contributed by atoms with E-state index in [4.69, 9.17) is 11.6 Å². The van der Waals surface area contributed by atoms with Gasteiger partial charge < -0.3 is 5.32 Å². The molecular formula is C17H17ClFN3O. The molecule has 0 aromatic heterocycles. The summed E-state index contributed by atoms with van der Waals surface area (Å²) >= 11 is 6.03. The molecule has 1 heterocycles. The molecule has 2 aromatic carbocycles. The molecular weight excluding hydrogens is 317 g/mol. The molecule has 120 valence electrons. The molecule has 1 fully saturated rings. The van der Waals surface area contributed by atoms with Crippen molar-refractivity contribution in [1.29, 1.82) is 0 Å². The summed E-state index contributed by atoms with van der Waals surface area (Å²) in [5, 5.41) is 3.54. The molecule has 1 aliphatic rings. The molecule has 2 unspecified atom stereocenters. The van der Waals surface area contributed by atoms with Crippen LogP contribution >= 0.6 is 11.6 Å². The van der Waals surface area contributed by atoms with Crippen LogP contribution in [0.4, 0.5) is 4.39 Å². The van der Waals surface area contributed by atoms with Crippen LogP contribution in [0.1, 0.15) is 17.2 Å². The van der Waals surface area contributed by atoms with Crippen molar-refractivity contribution >= 4 is 17.5 Å². The molecule has 3 rings (SSSR count). The lowest BCUT2D eigenvalue weighted by Gasteiger charge is -2.18. The summed E-state index contributed by atoms with van der Waals surface area (Å²) < 4.78 is 12.9. The number of carbonyl (C=O) groups is 1. The van der Waals surface area contributed by atoms with Crippen molar-refractivity contribution in [2.45, 2.75) is 12.6 Å². The number of hydrogen-bond donors (Lipinski definition) is 3. The van der Waals surface area contributed by atoms with E-state index in [0.717, 1.165) is 11.1 Å². The molecule has 2 atom stereocenters. The molecule has 1 saturated heterocycles. The van der Waals surface area contributed by atoms with Crippen LogP contribution < -0.4 is 16.2 Å². The smallest absolute Gasteiger partial charge is 0.226 e. The maximum Gasteiger partial charge on any atom is 0.226 e. The van der Waals surface area contributed by atoms with Gasteiger partial charge in [0, 0.05) is 18.1 Å². The Bertz CT molecular complexity index is 692. The average molecular weight is 334 g/mol. The summed E-state index contributed by atoms with van der Waals surface area (Å²) in [6, 6.07) is 13.4. The number of hydrogen-bond acceptors (Lipinski definition) is 3. The van der Waals surface area contributed by atoms with Crippen LogP contribution in [0.25, 0.3) is 0 Å². The first-order chi connectivity index (χ1) is 11.1. The number of nitrogens with one attached hydrogen (secondary N) is 3. The van der Waals surface area contributed by atoms with E-state index in [1.807, 2.05) is 18.2 Å². The lowest BCUT2D eigenvalue weighted by molar-refractivity contribution is -0.125. The predicted molar refractivity (Wildman–Crippen MR) is 87.1 cm³/mol. The zero-order chi connectivity index (χ0) is 16.2. The van der Waals surface area contributed by atoms with E-state index in [0.29, 0.717) is 18.1 Å². The van der Waals surface area contributed by atoms with Crippen molar-refractivity contribution in [3.63, 3.8) is 0 Å². The third-order valence-corrected chi connectivity index (χ3v) is 4.14. The first-order valence-corrected chi connectivity index (χ1v) is 7.77. The summed E-state index contributed by atoms with van der Waals surface area (Å²) in [6.07, 6.45) is 0. The predicted octanol–water partition coefficient (Wildman–Crippen LogP) is 2.56. The minimum atomic E-state index is -0.287. The largest absolute Gasteiger partial charge is 0.352 e. The zero-order valence-electron chi connectivity index (χ0n) is 12.4. The van der Waals surface area contributed by atoms with Crippen LogP contribution in [0, 0.1) is 11.7 Å². The Labute approximate surface area is 139 Å². The normalized spacial score (nSPS) is 20.4. The number of rotatable bonds is 4. The molecule has 2 aromatic rings. The lowest BCUT2D eigenvalue weighted by Crippen LogP contribution is -2.34. The van der Waals surface area contributed by atoms with Gasteiger partial charge in [0.1, 0.15) is 5.82 Å². The first-order valence-electron chi connectivity index (χ1n) is 7.39. The van der Waals surface area contributed by atoms with Gasteiger partial charge in [-0.25, -0.2) is 9.82 Å². The van der Waals surface area contributed by atoms with Crippen LogP contribution in [0.5, 0.6) is 0 Å². The molecule has 0 spiro atoms. The van der Waals surface area contributed by atoms with E-state index in [1.54, 1.807) is 18.2 Å². The van der Waals surface area contributed by atoms with Gasteiger partial charge in [0.15, 0.2) is 0 Å². The second-order valence-electron chi connectivity index (χ2n) is 5.51. The summed E-state index contributed by atoms with van der Waals surface area (Å²) in [4.78, 5) is 12.5. The van der Waals surface area contributed by atoms with Gasteiger partial charge in [-0.2, -0.15) is 0 Å². The minimum absolute atomic E-state index is 0.0585. The number of hydrazine groups is 1. The van der Waals surface area contributed by atoms with E-state index >= 15 is 0 Å². The Balaban J connectivity index is 1.65. The topological polar surface area (TPSA) is 53.2 Å². The van der Waals surface area contributed by atoms with Crippen LogP contribution in [0.3, 0.4) is 0 Å². The molecule has 0 radical (unpaired) electrons. The quantitative estimate of drug-likeness (QED) is 0.806. The molecule has 1 aliphatic heterocycles. The molecule has 3 N–H and O–H groups in total. The van der Waals surface area contributed by atoms with E-state index in [9.17, 15) is 9.18 Å². The fourth-order valence-corrected chi connectivity index (χ4v) is 2.88. The SMILES string of the molecule is O=C(NCc1ccc(F)cc1)C1CNNC1c1cccc(Cl)c1. The van der Waals surface area contributed by atoms with Crippen molar-refractivity contribution in [3.05, 3.63) is 70.5 Å². The standard InChI is InChI=1S/C17H17ClFN3O/c18-13-3-1-2-12(8-13)16-15(10-21-22-16)17(23)20-9-11-4-6-14(19)7-5-11/h1-8,15-16,21-22H,9-10H2,(H,20,23). The van der Waals surface area contributed by atoms with Crippen molar-refractivity contribution in [2.24, 2.45) is 5.92 Å². The number of benzene rings is 2. The Morgan fingerprint density at radius 1 is 1.26 bits per heavy atom. The van der Waals surface area contributed by atoms with Gasteiger partial charge in [-0.1, -0.05) is 35.9 Å². The minimum Gasteiger partial charge on any atom is -0.352 e. The van der Waals surface area contributed by atoms with E-state index < -0.39 is 0 Å². The maximum atomic E-state index is 12.9. The highest BCUT2D eigenvalue weighted by Gasteiger charge is 2.33. The highest BCUT2D eigenvalue weighted by atomic mass is 35.5. The molecule has 0 aliphatic carbocycles. The maximum absolute atomic E-state index is 12.9. The molecule has 1 amide bonds. The number of carbonyl (C=O) groups excluding carboxylic acids is 1. The van der Waals surface area contributed by atoms with Crippen molar-refractivity contribution in [3.8, 4) is 0 Å². The fraction of sp³-hybridized carbons (Fsp3) is 0.235. The van der Waals surface area contributed by atoms with Gasteiger partial charge in [0.2, 0.25) is 5.91 Å². The summed E-state index contributed by atoms with van der Waals surface area (Å²) in [5.74, 6) is -0.587. The second-order valence-corrected chi connectivity index (χ2v) is 5.95. The van der Waals surface area contributed by atoms with Crippen LogP contribution in [-0.4, -0.2) is 12.5 Å². The Morgan fingerprint density at radius 3 is 2.78 bits per heavy atom. The van der Waals surface area contributed by atoms with E-state index in [1.165, 1.54) is 12.1 Å². The third-order valence-electron chi connectivity index (χ3n) is 3.91. The van der Waals surface area contributed by atoms with Crippen molar-refractivity contribution < 1.29 is 9.18 Å². The van der Waals surface area contributed by atoms with Gasteiger partial charge in [0.05, 0.1) is 12.0 Å². The van der Waals surface area contributed by atoms with Gasteiger partial charge in [-0.3, -0.25) is 10.2 Å². The molecule has 0 saturated carbocycles. The van der Waals surface area contributed by atoms with Gasteiger partial charge in [-0.15, -0.1) is 0 Å². The highest BCUT2D eigenvalue weighted by Crippen LogP contribution is 2.27. The molecule has 4 nitrogen and oxygen atoms in total. The average Bonchev–Trinajstić information content (AvgIpc) is 3.04. The van der Waals surface area contributed by atoms with Gasteiger partial charge >= 0.3 is 0 Å². The Kier molecular flexibility index (Phi) is 4.91. The highest BCUT2D eigenvalue weighted by molar-refractivity contribution is 6.30. The fourth-order valence-electron chi connectivity index (χ4n) is 2.68. The number of amides is 1. The lowest BCUT2D eigenvalue weighted by atomic mass is 9.94. The second kappa shape index (κ2) is 7.08. The van der Waals surface area contributed by atoms with Crippen LogP contribution in [0.15, 0.2) is 48.5 Å². The van der Waals surface area contributed by atoms with Crippen LogP contribution in [-0.2, 0) is 11.3 Å². The Morgan fingerprint density at radius 2 is 2.04 bits per heavy atom. The summed E-state index contributed by atoms with van der Waals surface area (Å²) in [7, 11) is 0. The van der Waals surface area contributed by atoms with Crippen molar-refractivity contribution in [1.82, 2.24) is 16.2 Å². The zero-order valence-corrected chi connectivity index (χ0v) is 13.1. The monoisotopic (exact) mass is 333 g/mol. The Hall–Kier alpha value is -1.95. The van der Waals surface area contributed by atoms with Gasteiger partial charge in [0.25, 0.3) is 0 Å². The van der Waals surface area contributed by atoms with Gasteiger partial charge in [-0.05, 0) is 35.4 Å². The molecule has 6 heteroatoms. The summed E-state index contributed by atoms with van der Waals surface area (Å²) in [6.45, 7) is 0.907. The van der Waals surface area contributed by atoms with Crippen LogP contribution in [0.2, 0.25) is 5.02 Å². The summed E-state index contributed by atoms with van der Waals surface area (Å²) in [5.41, 5.74) is 7.96. The number of halogens is 2. The molecule has 0 bridgehead atoms. The van der Waals surface area contributed by atoms with E-state index in [-0.39, 0.29) is 23.7 Å². The third kappa shape index (κ3) is 3.88. The van der Waals surface area contributed by atoms with Crippen molar-refractivity contribution in [2.75, 3.05) is 6.54 Å².